The summed E-state index contributed by atoms with van der Waals surface area (Å²) in [5.74, 6) is 1.40. The van der Waals surface area contributed by atoms with Gasteiger partial charge in [-0.2, -0.15) is 4.52 Å². The molecule has 4 aromatic rings. The van der Waals surface area contributed by atoms with Gasteiger partial charge in [0.15, 0.2) is 5.65 Å². The molecule has 0 radical (unpaired) electrons. The number of allylic oxidation sites excluding steroid dienone is 1. The van der Waals surface area contributed by atoms with Crippen molar-refractivity contribution in [2.45, 2.75) is 13.8 Å². The fourth-order valence-corrected chi connectivity index (χ4v) is 2.94. The number of rotatable bonds is 6. The maximum Gasteiger partial charge on any atom is 0.246 e. The van der Waals surface area contributed by atoms with E-state index in [-0.39, 0.29) is 5.28 Å². The Morgan fingerprint density at radius 3 is 2.62 bits per heavy atom. The molecule has 0 saturated heterocycles. The number of nitrogens with zero attached hydrogens (tertiary/aromatic N) is 4. The molecule has 0 aliphatic heterocycles. The lowest BCUT2D eigenvalue weighted by molar-refractivity contribution is 0.454. The van der Waals surface area contributed by atoms with E-state index in [1.807, 2.05) is 48.5 Å². The van der Waals surface area contributed by atoms with Crippen molar-refractivity contribution in [3.63, 3.8) is 0 Å². The van der Waals surface area contributed by atoms with E-state index >= 15 is 0 Å². The third-order valence-corrected chi connectivity index (χ3v) is 4.72. The molecule has 2 aromatic heterocycles. The number of anilines is 1. The van der Waals surface area contributed by atoms with Gasteiger partial charge in [0.25, 0.3) is 0 Å². The van der Waals surface area contributed by atoms with Gasteiger partial charge in [-0.3, -0.25) is 0 Å². The summed E-state index contributed by atoms with van der Waals surface area (Å²) in [6.07, 6.45) is 0. The molecule has 0 atom stereocenters. The summed E-state index contributed by atoms with van der Waals surface area (Å²) in [5.41, 5.74) is 4.42. The lowest BCUT2D eigenvalue weighted by atomic mass is 10.0. The zero-order valence-electron chi connectivity index (χ0n) is 16.1. The number of ether oxygens (including phenoxy) is 1. The number of fused-ring (bicyclic) bond motifs is 1. The second-order valence-electron chi connectivity index (χ2n) is 6.89. The van der Waals surface area contributed by atoms with E-state index in [4.69, 9.17) is 16.3 Å². The predicted octanol–water partition coefficient (Wildman–Crippen LogP) is 5.82. The first kappa shape index (κ1) is 19.0. The summed E-state index contributed by atoms with van der Waals surface area (Å²) in [4.78, 5) is 0. The molecular weight excluding hydrogens is 386 g/mol. The molecule has 29 heavy (non-hydrogen) atoms. The van der Waals surface area contributed by atoms with E-state index in [0.717, 1.165) is 22.5 Å². The maximum absolute atomic E-state index is 6.11. The Morgan fingerprint density at radius 2 is 1.86 bits per heavy atom. The molecule has 0 spiro atoms. The van der Waals surface area contributed by atoms with Gasteiger partial charge in [0.1, 0.15) is 5.75 Å². The summed E-state index contributed by atoms with van der Waals surface area (Å²) < 4.78 is 7.54. The van der Waals surface area contributed by atoms with Crippen molar-refractivity contribution >= 4 is 22.9 Å². The van der Waals surface area contributed by atoms with Crippen molar-refractivity contribution < 1.29 is 4.74 Å². The van der Waals surface area contributed by atoms with Gasteiger partial charge in [-0.25, -0.2) is 0 Å². The van der Waals surface area contributed by atoms with Crippen molar-refractivity contribution in [2.75, 3.05) is 5.32 Å². The van der Waals surface area contributed by atoms with E-state index in [1.165, 1.54) is 4.52 Å². The number of benzene rings is 2. The third-order valence-electron chi connectivity index (χ3n) is 4.48. The summed E-state index contributed by atoms with van der Waals surface area (Å²) in [5, 5.41) is 15.7. The van der Waals surface area contributed by atoms with E-state index in [9.17, 15) is 0 Å². The minimum absolute atomic E-state index is 0.181. The van der Waals surface area contributed by atoms with Crippen LogP contribution in [-0.4, -0.2) is 19.8 Å². The standard InChI is InChI=1S/C22H20ClN5O/c1-14(2)15(3)24-17-9-10-19(18(13-17)16-7-5-4-6-8-16)29-21-12-11-20-25-26-22(23)28(20)27-21/h4-14,24H,3H2,1-2H3. The minimum Gasteiger partial charge on any atom is -0.437 e. The van der Waals surface area contributed by atoms with Crippen LogP contribution in [0.15, 0.2) is 72.9 Å². The highest BCUT2D eigenvalue weighted by atomic mass is 35.5. The maximum atomic E-state index is 6.11. The zero-order valence-corrected chi connectivity index (χ0v) is 16.9. The summed E-state index contributed by atoms with van der Waals surface area (Å²) in [6.45, 7) is 8.29. The van der Waals surface area contributed by atoms with Crippen LogP contribution in [0, 0.1) is 5.92 Å². The SMILES string of the molecule is C=C(Nc1ccc(Oc2ccc3nnc(Cl)n3n2)c(-c2ccccc2)c1)C(C)C. The Kier molecular flexibility index (Phi) is 5.18. The molecule has 146 valence electrons. The molecule has 0 saturated carbocycles. The molecule has 2 aromatic carbocycles. The Morgan fingerprint density at radius 1 is 1.07 bits per heavy atom. The van der Waals surface area contributed by atoms with E-state index in [1.54, 1.807) is 12.1 Å². The number of hydrogen-bond donors (Lipinski definition) is 1. The van der Waals surface area contributed by atoms with Crippen LogP contribution in [0.5, 0.6) is 11.6 Å². The molecule has 0 amide bonds. The number of aromatic nitrogens is 4. The Bertz CT molecular complexity index is 1170. The molecule has 4 rings (SSSR count). The highest BCUT2D eigenvalue weighted by molar-refractivity contribution is 6.28. The highest BCUT2D eigenvalue weighted by Crippen LogP contribution is 2.35. The van der Waals surface area contributed by atoms with Crippen molar-refractivity contribution in [1.82, 2.24) is 19.8 Å². The van der Waals surface area contributed by atoms with Gasteiger partial charge in [0, 0.05) is 23.0 Å². The van der Waals surface area contributed by atoms with Crippen LogP contribution in [0.1, 0.15) is 13.8 Å². The fraction of sp³-hybridized carbons (Fsp3) is 0.136. The Hall–Kier alpha value is -3.38. The van der Waals surface area contributed by atoms with Gasteiger partial charge in [-0.15, -0.1) is 15.3 Å². The van der Waals surface area contributed by atoms with Gasteiger partial charge in [0.05, 0.1) is 0 Å². The van der Waals surface area contributed by atoms with Crippen molar-refractivity contribution in [1.29, 1.82) is 0 Å². The Labute approximate surface area is 173 Å². The van der Waals surface area contributed by atoms with E-state index < -0.39 is 0 Å². The van der Waals surface area contributed by atoms with Crippen molar-refractivity contribution in [3.05, 3.63) is 78.2 Å². The van der Waals surface area contributed by atoms with Gasteiger partial charge < -0.3 is 10.1 Å². The van der Waals surface area contributed by atoms with Crippen LogP contribution in [0.4, 0.5) is 5.69 Å². The first-order valence-corrected chi connectivity index (χ1v) is 9.60. The minimum atomic E-state index is 0.181. The van der Waals surface area contributed by atoms with Gasteiger partial charge in [-0.05, 0) is 47.3 Å². The first-order valence-electron chi connectivity index (χ1n) is 9.22. The second kappa shape index (κ2) is 7.93. The fourth-order valence-electron chi connectivity index (χ4n) is 2.78. The molecule has 0 aliphatic carbocycles. The summed E-state index contributed by atoms with van der Waals surface area (Å²) in [6, 6.07) is 19.5. The van der Waals surface area contributed by atoms with E-state index in [0.29, 0.717) is 23.2 Å². The van der Waals surface area contributed by atoms with Crippen molar-refractivity contribution in [3.8, 4) is 22.8 Å². The molecule has 6 nitrogen and oxygen atoms in total. The van der Waals surface area contributed by atoms with Gasteiger partial charge >= 0.3 is 0 Å². The van der Waals surface area contributed by atoms with E-state index in [2.05, 4.69) is 41.0 Å². The molecule has 7 heteroatoms. The molecule has 0 bridgehead atoms. The molecule has 0 unspecified atom stereocenters. The average Bonchev–Trinajstić information content (AvgIpc) is 3.10. The first-order chi connectivity index (χ1) is 14.0. The largest absolute Gasteiger partial charge is 0.437 e. The van der Waals surface area contributed by atoms with Crippen LogP contribution in [0.2, 0.25) is 5.28 Å². The predicted molar refractivity (Wildman–Crippen MR) is 115 cm³/mol. The van der Waals surface area contributed by atoms with Crippen LogP contribution in [0.25, 0.3) is 16.8 Å². The van der Waals surface area contributed by atoms with Crippen LogP contribution in [0.3, 0.4) is 0 Å². The van der Waals surface area contributed by atoms with Crippen LogP contribution in [-0.2, 0) is 0 Å². The molecule has 2 heterocycles. The van der Waals surface area contributed by atoms with Crippen LogP contribution >= 0.6 is 11.6 Å². The molecule has 0 aliphatic rings. The summed E-state index contributed by atoms with van der Waals surface area (Å²) >= 11 is 6.02. The third kappa shape index (κ3) is 4.07. The number of halogens is 1. The Balaban J connectivity index is 1.72. The smallest absolute Gasteiger partial charge is 0.246 e. The quantitative estimate of drug-likeness (QED) is 0.438. The lowest BCUT2D eigenvalue weighted by Gasteiger charge is -2.16. The van der Waals surface area contributed by atoms with Crippen LogP contribution < -0.4 is 10.1 Å². The number of hydrogen-bond acceptors (Lipinski definition) is 5. The lowest BCUT2D eigenvalue weighted by Crippen LogP contribution is -2.04. The summed E-state index contributed by atoms with van der Waals surface area (Å²) in [7, 11) is 0. The second-order valence-corrected chi connectivity index (χ2v) is 7.23. The zero-order chi connectivity index (χ0) is 20.4. The molecular formula is C22H20ClN5O. The average molecular weight is 406 g/mol. The monoisotopic (exact) mass is 405 g/mol. The normalized spacial score (nSPS) is 11.0. The molecule has 0 fully saturated rings. The van der Waals surface area contributed by atoms with Crippen molar-refractivity contribution in [2.24, 2.45) is 5.92 Å². The highest BCUT2D eigenvalue weighted by Gasteiger charge is 2.12. The van der Waals surface area contributed by atoms with Gasteiger partial charge in [0.2, 0.25) is 11.2 Å². The number of nitrogens with one attached hydrogen (secondary N) is 1. The topological polar surface area (TPSA) is 64.3 Å². The molecule has 1 N–H and O–H groups in total. The van der Waals surface area contributed by atoms with Gasteiger partial charge in [-0.1, -0.05) is 50.8 Å².